The first-order valence-electron chi connectivity index (χ1n) is 34.2. The molecule has 97 heavy (non-hydrogen) atoms. The Morgan fingerprint density at radius 1 is 0.454 bits per heavy atom. The van der Waals surface area contributed by atoms with Gasteiger partial charge in [-0.05, 0) is 173 Å². The van der Waals surface area contributed by atoms with E-state index in [-0.39, 0.29) is 35.8 Å². The maximum Gasteiger partial charge on any atom is 0.258 e. The van der Waals surface area contributed by atoms with Crippen molar-refractivity contribution in [1.29, 1.82) is 0 Å². The number of methoxy groups -OCH3 is 4. The van der Waals surface area contributed by atoms with Crippen LogP contribution in [0, 0.1) is 0 Å². The Morgan fingerprint density at radius 3 is 1.32 bits per heavy atom. The lowest BCUT2D eigenvalue weighted by Crippen LogP contribution is -2.46. The summed E-state index contributed by atoms with van der Waals surface area (Å²) in [6.45, 7) is 18.9. The standard InChI is InChI=1S/C40H46N4O4.C29H34N4O2.C11H12O3/c1-27(2)48-39-11-6-5-10-35(39)43-20-18-42(19-21-43)26-28-8-7-9-30(22-28)40(45)44-17-16-29-12-13-31(25-36(29)44)41-32-23-33-34(24-32)38(47-4)15-14-37(33)46-3;1-21(2)35-28-9-4-3-8-26(28)32-16-14-31(15-17-32)20-22-6-5-7-24(18-22)29(34)33-13-12-23-10-11-25(30)19-27(23)33;1-13-10-3-4-11(14-2)9-6-7(12)5-8(9)10/h5-15,22,25,27,32,41H,16-21,23-24,26H2,1-4H3;3-11,18-19,21H,12-17,20,30H2,1-2H3;3-4H,5-6H2,1-2H3. The van der Waals surface area contributed by atoms with Gasteiger partial charge in [0.15, 0.2) is 0 Å². The third-order valence-electron chi connectivity index (χ3n) is 19.1. The van der Waals surface area contributed by atoms with Gasteiger partial charge in [-0.3, -0.25) is 24.2 Å². The zero-order chi connectivity index (χ0) is 67.7. The Labute approximate surface area is 571 Å². The monoisotopic (exact) mass is 1310 g/mol. The van der Waals surface area contributed by atoms with E-state index in [1.165, 1.54) is 39.1 Å². The summed E-state index contributed by atoms with van der Waals surface area (Å²) in [6, 6.07) is 53.1. The van der Waals surface area contributed by atoms with Crippen molar-refractivity contribution in [3.63, 3.8) is 0 Å². The molecule has 0 saturated carbocycles. The van der Waals surface area contributed by atoms with Crippen LogP contribution in [0.2, 0.25) is 0 Å². The number of nitrogens with one attached hydrogen (secondary N) is 1. The Bertz CT molecular complexity index is 4050. The van der Waals surface area contributed by atoms with Gasteiger partial charge in [-0.15, -0.1) is 0 Å². The molecule has 17 nitrogen and oxygen atoms in total. The molecule has 0 radical (unpaired) electrons. The Hall–Kier alpha value is -9.71. The molecule has 17 heteroatoms. The van der Waals surface area contributed by atoms with Crippen LogP contribution in [0.25, 0.3) is 0 Å². The van der Waals surface area contributed by atoms with Gasteiger partial charge in [0.1, 0.15) is 40.3 Å². The summed E-state index contributed by atoms with van der Waals surface area (Å²) >= 11 is 0. The Balaban J connectivity index is 0.000000159. The van der Waals surface area contributed by atoms with Gasteiger partial charge < -0.3 is 59.1 Å². The SMILES string of the molecule is CC(C)Oc1ccccc1N1CCN(Cc2cccc(C(=O)N3CCc4ccc(N)cc43)c2)CC1.COc1ccc(OC)c2c1CC(=O)C2.COc1ccc(OC)c2c1CC(Nc1ccc3c(c1)N(C(=O)c1cccc(CN4CCN(c5ccccc5OC(C)C)CC4)c1)CC3)C2. The molecule has 6 aliphatic rings. The summed E-state index contributed by atoms with van der Waals surface area (Å²) in [5.41, 5.74) is 22.5. The number of ether oxygens (including phenoxy) is 6. The molecule has 8 aromatic rings. The molecule has 0 unspecified atom stereocenters. The van der Waals surface area contributed by atoms with Gasteiger partial charge in [-0.2, -0.15) is 0 Å². The highest BCUT2D eigenvalue weighted by molar-refractivity contribution is 6.08. The number of nitrogens with two attached hydrogens (primary N) is 1. The number of hydrogen-bond acceptors (Lipinski definition) is 15. The average molecular weight is 1310 g/mol. The molecular weight excluding hydrogens is 1220 g/mol. The van der Waals surface area contributed by atoms with E-state index >= 15 is 0 Å². The zero-order valence-corrected chi connectivity index (χ0v) is 57.4. The number of nitrogens with zero attached hydrogens (tertiary/aromatic N) is 6. The molecule has 2 aliphatic carbocycles. The van der Waals surface area contributed by atoms with Crippen LogP contribution in [0.1, 0.15) is 92.9 Å². The number of carbonyl (C=O) groups is 3. The highest BCUT2D eigenvalue weighted by Gasteiger charge is 2.32. The molecule has 2 fully saturated rings. The zero-order valence-electron chi connectivity index (χ0n) is 57.4. The number of hydrogen-bond donors (Lipinski definition) is 2. The Morgan fingerprint density at radius 2 is 0.876 bits per heavy atom. The first-order valence-corrected chi connectivity index (χ1v) is 34.2. The van der Waals surface area contributed by atoms with Crippen molar-refractivity contribution >= 4 is 51.7 Å². The minimum absolute atomic E-state index is 0.0442. The second-order valence-electron chi connectivity index (χ2n) is 26.3. The number of ketones is 1. The summed E-state index contributed by atoms with van der Waals surface area (Å²) in [6.07, 6.45) is 4.68. The molecule has 2 amide bonds. The van der Waals surface area contributed by atoms with E-state index in [4.69, 9.17) is 34.2 Å². The predicted molar refractivity (Wildman–Crippen MR) is 387 cm³/mol. The van der Waals surface area contributed by atoms with Crippen molar-refractivity contribution in [2.75, 3.05) is 125 Å². The van der Waals surface area contributed by atoms with Crippen LogP contribution in [0.15, 0.2) is 158 Å². The third-order valence-corrected chi connectivity index (χ3v) is 19.1. The summed E-state index contributed by atoms with van der Waals surface area (Å²) in [5, 5.41) is 3.73. The topological polar surface area (TPSA) is 164 Å². The molecule has 14 rings (SSSR count). The van der Waals surface area contributed by atoms with Gasteiger partial charge >= 0.3 is 0 Å². The quantitative estimate of drug-likeness (QED) is 0.0779. The molecule has 0 atom stereocenters. The van der Waals surface area contributed by atoms with Crippen LogP contribution in [-0.4, -0.2) is 140 Å². The van der Waals surface area contributed by atoms with Crippen molar-refractivity contribution in [3.05, 3.63) is 213 Å². The number of piperazine rings is 2. The molecule has 4 aliphatic heterocycles. The number of rotatable bonds is 18. The first kappa shape index (κ1) is 67.3. The van der Waals surface area contributed by atoms with Crippen molar-refractivity contribution in [2.45, 2.75) is 97.6 Å². The highest BCUT2D eigenvalue weighted by Crippen LogP contribution is 2.41. The molecule has 3 N–H and O–H groups in total. The van der Waals surface area contributed by atoms with Crippen molar-refractivity contribution < 1.29 is 42.8 Å². The number of fused-ring (bicyclic) bond motifs is 4. The van der Waals surface area contributed by atoms with E-state index < -0.39 is 0 Å². The summed E-state index contributed by atoms with van der Waals surface area (Å²) in [7, 11) is 6.67. The lowest BCUT2D eigenvalue weighted by molar-refractivity contribution is -0.117. The summed E-state index contributed by atoms with van der Waals surface area (Å²) in [4.78, 5) is 52.2. The number of Topliss-reactive ketones (excluding diaryl/α,β-unsaturated/α-hetero) is 1. The fraction of sp³-hybridized carbons (Fsp3) is 0.362. The maximum absolute atomic E-state index is 14.0. The van der Waals surface area contributed by atoms with E-state index in [9.17, 15) is 14.4 Å². The lowest BCUT2D eigenvalue weighted by Gasteiger charge is -2.37. The number of para-hydroxylation sites is 4. The molecule has 8 aromatic carbocycles. The normalized spacial score (nSPS) is 15.8. The van der Waals surface area contributed by atoms with Gasteiger partial charge in [0, 0.05) is 154 Å². The van der Waals surface area contributed by atoms with Crippen molar-refractivity contribution in [2.24, 2.45) is 0 Å². The number of benzene rings is 8. The van der Waals surface area contributed by atoms with Crippen molar-refractivity contribution in [3.8, 4) is 34.5 Å². The molecule has 506 valence electrons. The van der Waals surface area contributed by atoms with Gasteiger partial charge in [-0.1, -0.05) is 60.7 Å². The predicted octanol–water partition coefficient (Wildman–Crippen LogP) is 12.5. The second kappa shape index (κ2) is 30.6. The molecule has 4 heterocycles. The second-order valence-corrected chi connectivity index (χ2v) is 26.3. The minimum atomic E-state index is 0.0442. The van der Waals surface area contributed by atoms with Crippen LogP contribution in [0.3, 0.4) is 0 Å². The van der Waals surface area contributed by atoms with Crippen LogP contribution in [0.4, 0.5) is 34.1 Å². The molecule has 0 aromatic heterocycles. The number of amides is 2. The average Bonchev–Trinajstić information content (AvgIpc) is 1.68. The van der Waals surface area contributed by atoms with E-state index in [0.717, 1.165) is 171 Å². The number of anilines is 6. The van der Waals surface area contributed by atoms with Gasteiger partial charge in [0.2, 0.25) is 0 Å². The fourth-order valence-corrected chi connectivity index (χ4v) is 14.4. The van der Waals surface area contributed by atoms with E-state index in [0.29, 0.717) is 31.6 Å². The van der Waals surface area contributed by atoms with E-state index in [1.807, 2.05) is 94.7 Å². The van der Waals surface area contributed by atoms with Gasteiger partial charge in [-0.25, -0.2) is 0 Å². The van der Waals surface area contributed by atoms with E-state index in [1.54, 1.807) is 28.4 Å². The smallest absolute Gasteiger partial charge is 0.258 e. The lowest BCUT2D eigenvalue weighted by atomic mass is 10.1. The maximum atomic E-state index is 14.0. The molecule has 0 spiro atoms. The number of carbonyl (C=O) groups excluding carboxylic acids is 3. The van der Waals surface area contributed by atoms with Crippen LogP contribution < -0.4 is 59.1 Å². The summed E-state index contributed by atoms with van der Waals surface area (Å²) in [5.74, 6) is 5.61. The van der Waals surface area contributed by atoms with Gasteiger partial charge in [0.05, 0.1) is 52.0 Å². The minimum Gasteiger partial charge on any atom is -0.496 e. The molecule has 0 bridgehead atoms. The molecular formula is C80H92N8O9. The van der Waals surface area contributed by atoms with Crippen molar-refractivity contribution in [1.82, 2.24) is 9.80 Å². The first-order chi connectivity index (χ1) is 47.1. The fourth-order valence-electron chi connectivity index (χ4n) is 14.4. The summed E-state index contributed by atoms with van der Waals surface area (Å²) < 4.78 is 33.8. The van der Waals surface area contributed by atoms with Crippen LogP contribution in [-0.2, 0) is 56.4 Å². The largest absolute Gasteiger partial charge is 0.496 e. The third kappa shape index (κ3) is 15.6. The molecule has 2 saturated heterocycles. The Kier molecular flexibility index (Phi) is 21.2. The van der Waals surface area contributed by atoms with Crippen LogP contribution in [0.5, 0.6) is 34.5 Å². The highest BCUT2D eigenvalue weighted by atomic mass is 16.5. The van der Waals surface area contributed by atoms with E-state index in [2.05, 4.69) is 125 Å². The number of nitrogen functional groups attached to an aromatic ring is 1. The van der Waals surface area contributed by atoms with Gasteiger partial charge in [0.25, 0.3) is 11.8 Å². The van der Waals surface area contributed by atoms with Crippen LogP contribution >= 0.6 is 0 Å².